The molecule has 0 radical (unpaired) electrons. The van der Waals surface area contributed by atoms with Crippen LogP contribution in [0.5, 0.6) is 0 Å². The molecule has 2 N–H and O–H groups in total. The second-order valence-electron chi connectivity index (χ2n) is 3.98. The van der Waals surface area contributed by atoms with Gasteiger partial charge in [0.25, 0.3) is 0 Å². The molecular weight excluding hydrogens is 174 g/mol. The Kier molecular flexibility index (Phi) is 3.67. The molecule has 0 amide bonds. The van der Waals surface area contributed by atoms with Gasteiger partial charge in [-0.2, -0.15) is 0 Å². The largest absolute Gasteiger partial charge is 0.384 e. The minimum absolute atomic E-state index is 0.192. The predicted molar refractivity (Wildman–Crippen MR) is 59.1 cm³/mol. The van der Waals surface area contributed by atoms with Crippen LogP contribution in [-0.4, -0.2) is 18.7 Å². The van der Waals surface area contributed by atoms with E-state index in [4.69, 9.17) is 0 Å². The van der Waals surface area contributed by atoms with E-state index < -0.39 is 5.60 Å². The first-order chi connectivity index (χ1) is 6.61. The summed E-state index contributed by atoms with van der Waals surface area (Å²) in [6.45, 7) is 4.64. The third-order valence-electron chi connectivity index (χ3n) is 2.68. The highest BCUT2D eigenvalue weighted by Gasteiger charge is 2.31. The Morgan fingerprint density at radius 3 is 2.29 bits per heavy atom. The first-order valence-corrected chi connectivity index (χ1v) is 5.03. The molecule has 0 heterocycles. The van der Waals surface area contributed by atoms with E-state index in [1.54, 1.807) is 0 Å². The molecule has 2 nitrogen and oxygen atoms in total. The smallest absolute Gasteiger partial charge is 0.104 e. The normalized spacial score (nSPS) is 15.5. The second kappa shape index (κ2) is 4.58. The predicted octanol–water partition coefficient (Wildman–Crippen LogP) is 1.75. The van der Waals surface area contributed by atoms with Gasteiger partial charge in [-0.15, -0.1) is 0 Å². The summed E-state index contributed by atoms with van der Waals surface area (Å²) in [6, 6.07) is 9.81. The molecule has 14 heavy (non-hydrogen) atoms. The maximum absolute atomic E-state index is 10.5. The zero-order valence-electron chi connectivity index (χ0n) is 9.12. The summed E-state index contributed by atoms with van der Waals surface area (Å²) in [5.74, 6) is 0.192. The van der Waals surface area contributed by atoms with Crippen molar-refractivity contribution in [3.8, 4) is 0 Å². The molecule has 0 saturated heterocycles. The van der Waals surface area contributed by atoms with Crippen LogP contribution in [0.1, 0.15) is 19.4 Å². The van der Waals surface area contributed by atoms with Gasteiger partial charge >= 0.3 is 0 Å². The Morgan fingerprint density at radius 1 is 1.29 bits per heavy atom. The standard InChI is InChI=1S/C12H19NO/c1-10(2)12(14,9-13-3)11-7-5-4-6-8-11/h4-8,10,13-14H,9H2,1-3H3. The van der Waals surface area contributed by atoms with E-state index in [9.17, 15) is 5.11 Å². The fourth-order valence-corrected chi connectivity index (χ4v) is 1.64. The van der Waals surface area contributed by atoms with Crippen molar-refractivity contribution in [2.24, 2.45) is 5.92 Å². The Bertz CT molecular complexity index is 271. The van der Waals surface area contributed by atoms with Crippen LogP contribution < -0.4 is 5.32 Å². The SMILES string of the molecule is CNCC(O)(c1ccccc1)C(C)C. The fraction of sp³-hybridized carbons (Fsp3) is 0.500. The molecule has 0 bridgehead atoms. The van der Waals surface area contributed by atoms with Crippen molar-refractivity contribution in [1.82, 2.24) is 5.32 Å². The van der Waals surface area contributed by atoms with Gasteiger partial charge in [-0.25, -0.2) is 0 Å². The number of likely N-dealkylation sites (N-methyl/N-ethyl adjacent to an activating group) is 1. The maximum atomic E-state index is 10.5. The lowest BCUT2D eigenvalue weighted by Gasteiger charge is -2.32. The van der Waals surface area contributed by atoms with E-state index in [1.807, 2.05) is 51.2 Å². The molecule has 0 spiro atoms. The summed E-state index contributed by atoms with van der Waals surface area (Å²) >= 11 is 0. The molecule has 1 aromatic carbocycles. The Labute approximate surface area is 86.0 Å². The van der Waals surface area contributed by atoms with Gasteiger partial charge in [0.1, 0.15) is 5.60 Å². The van der Waals surface area contributed by atoms with E-state index >= 15 is 0 Å². The summed E-state index contributed by atoms with van der Waals surface area (Å²) in [5.41, 5.74) is 0.208. The summed E-state index contributed by atoms with van der Waals surface area (Å²) in [4.78, 5) is 0. The van der Waals surface area contributed by atoms with E-state index in [1.165, 1.54) is 0 Å². The van der Waals surface area contributed by atoms with Gasteiger partial charge in [0, 0.05) is 6.54 Å². The summed E-state index contributed by atoms with van der Waals surface area (Å²) in [6.07, 6.45) is 0. The number of hydrogen-bond donors (Lipinski definition) is 2. The Hall–Kier alpha value is -0.860. The van der Waals surface area contributed by atoms with E-state index in [-0.39, 0.29) is 5.92 Å². The third kappa shape index (κ3) is 2.14. The zero-order valence-corrected chi connectivity index (χ0v) is 9.12. The van der Waals surface area contributed by atoms with E-state index in [0.29, 0.717) is 6.54 Å². The summed E-state index contributed by atoms with van der Waals surface area (Å²) < 4.78 is 0. The molecule has 1 atom stereocenters. The quantitative estimate of drug-likeness (QED) is 0.763. The van der Waals surface area contributed by atoms with Crippen molar-refractivity contribution < 1.29 is 5.11 Å². The number of hydrogen-bond acceptors (Lipinski definition) is 2. The van der Waals surface area contributed by atoms with Crippen LogP contribution in [0.3, 0.4) is 0 Å². The summed E-state index contributed by atoms with van der Waals surface area (Å²) in [5, 5.41) is 13.5. The van der Waals surface area contributed by atoms with Gasteiger partial charge in [0.2, 0.25) is 0 Å². The lowest BCUT2D eigenvalue weighted by molar-refractivity contribution is -0.00756. The molecule has 0 aromatic heterocycles. The average molecular weight is 193 g/mol. The van der Waals surface area contributed by atoms with Crippen molar-refractivity contribution in [3.05, 3.63) is 35.9 Å². The van der Waals surface area contributed by atoms with Gasteiger partial charge in [0.15, 0.2) is 0 Å². The van der Waals surface area contributed by atoms with Gasteiger partial charge in [0.05, 0.1) is 0 Å². The van der Waals surface area contributed by atoms with Gasteiger partial charge < -0.3 is 10.4 Å². The zero-order chi connectivity index (χ0) is 10.6. The molecule has 1 unspecified atom stereocenters. The number of aliphatic hydroxyl groups is 1. The lowest BCUT2D eigenvalue weighted by atomic mass is 9.83. The van der Waals surface area contributed by atoms with Crippen molar-refractivity contribution in [2.75, 3.05) is 13.6 Å². The molecule has 0 aliphatic rings. The molecule has 78 valence electrons. The van der Waals surface area contributed by atoms with Gasteiger partial charge in [-0.05, 0) is 18.5 Å². The lowest BCUT2D eigenvalue weighted by Crippen LogP contribution is -2.41. The number of rotatable bonds is 4. The Balaban J connectivity index is 2.99. The molecular formula is C12H19NO. The van der Waals surface area contributed by atoms with Crippen molar-refractivity contribution in [2.45, 2.75) is 19.4 Å². The fourth-order valence-electron chi connectivity index (χ4n) is 1.64. The van der Waals surface area contributed by atoms with Crippen LogP contribution in [0.15, 0.2) is 30.3 Å². The maximum Gasteiger partial charge on any atom is 0.104 e. The minimum atomic E-state index is -0.768. The van der Waals surface area contributed by atoms with Gasteiger partial charge in [-0.1, -0.05) is 44.2 Å². The highest BCUT2D eigenvalue weighted by Crippen LogP contribution is 2.28. The molecule has 1 rings (SSSR count). The van der Waals surface area contributed by atoms with E-state index in [2.05, 4.69) is 5.32 Å². The van der Waals surface area contributed by atoms with Crippen LogP contribution in [0.2, 0.25) is 0 Å². The third-order valence-corrected chi connectivity index (χ3v) is 2.68. The molecule has 0 aliphatic carbocycles. The summed E-state index contributed by atoms with van der Waals surface area (Å²) in [7, 11) is 1.86. The van der Waals surface area contributed by atoms with Crippen LogP contribution in [0.25, 0.3) is 0 Å². The molecule has 0 fully saturated rings. The minimum Gasteiger partial charge on any atom is -0.384 e. The van der Waals surface area contributed by atoms with Gasteiger partial charge in [-0.3, -0.25) is 0 Å². The van der Waals surface area contributed by atoms with Crippen LogP contribution in [0.4, 0.5) is 0 Å². The number of benzene rings is 1. The molecule has 0 aliphatic heterocycles. The topological polar surface area (TPSA) is 32.3 Å². The van der Waals surface area contributed by atoms with Crippen LogP contribution in [-0.2, 0) is 5.60 Å². The highest BCUT2D eigenvalue weighted by atomic mass is 16.3. The molecule has 0 saturated carbocycles. The van der Waals surface area contributed by atoms with E-state index in [0.717, 1.165) is 5.56 Å². The average Bonchev–Trinajstić information content (AvgIpc) is 2.19. The monoisotopic (exact) mass is 193 g/mol. The Morgan fingerprint density at radius 2 is 1.86 bits per heavy atom. The van der Waals surface area contributed by atoms with Crippen LogP contribution >= 0.6 is 0 Å². The number of nitrogens with one attached hydrogen (secondary N) is 1. The molecule has 2 heteroatoms. The molecule has 1 aromatic rings. The first-order valence-electron chi connectivity index (χ1n) is 5.03. The van der Waals surface area contributed by atoms with Crippen LogP contribution in [0, 0.1) is 5.92 Å². The first kappa shape index (κ1) is 11.2. The van der Waals surface area contributed by atoms with Crippen molar-refractivity contribution >= 4 is 0 Å². The highest BCUT2D eigenvalue weighted by molar-refractivity contribution is 5.23. The second-order valence-corrected chi connectivity index (χ2v) is 3.98. The van der Waals surface area contributed by atoms with Crippen molar-refractivity contribution in [1.29, 1.82) is 0 Å². The van der Waals surface area contributed by atoms with Crippen molar-refractivity contribution in [3.63, 3.8) is 0 Å².